The van der Waals surface area contributed by atoms with E-state index in [1.54, 1.807) is 0 Å². The quantitative estimate of drug-likeness (QED) is 0.494. The minimum Gasteiger partial charge on any atom is -0.252 e. The molecular weight excluding hydrogens is 140 g/mol. The van der Waals surface area contributed by atoms with Crippen LogP contribution >= 0.6 is 0 Å². The Bertz CT molecular complexity index is 106. The second-order valence-electron chi connectivity index (χ2n) is 3.83. The second kappa shape index (κ2) is 4.07. The van der Waals surface area contributed by atoms with E-state index < -0.39 is 0 Å². The Hall–Kier alpha value is -0.0800. The Morgan fingerprint density at radius 3 is 2.27 bits per heavy atom. The van der Waals surface area contributed by atoms with Gasteiger partial charge >= 0.3 is 0 Å². The summed E-state index contributed by atoms with van der Waals surface area (Å²) in [5.41, 5.74) is 0. The van der Waals surface area contributed by atoms with Gasteiger partial charge in [-0.2, -0.15) is 0 Å². The summed E-state index contributed by atoms with van der Waals surface area (Å²) in [6.07, 6.45) is 5.03. The molecule has 0 saturated heterocycles. The summed E-state index contributed by atoms with van der Waals surface area (Å²) >= 11 is 0. The molecule has 0 spiro atoms. The summed E-state index contributed by atoms with van der Waals surface area (Å²) in [5, 5.41) is 8.45. The molecule has 0 aromatic rings. The van der Waals surface area contributed by atoms with Crippen LogP contribution < -0.4 is 0 Å². The van der Waals surface area contributed by atoms with E-state index in [-0.39, 0.29) is 6.10 Å². The highest BCUT2D eigenvalue weighted by Gasteiger charge is 2.23. The van der Waals surface area contributed by atoms with E-state index in [1.165, 1.54) is 25.7 Å². The Balaban J connectivity index is 2.27. The van der Waals surface area contributed by atoms with Gasteiger partial charge in [0.1, 0.15) is 0 Å². The van der Waals surface area contributed by atoms with Gasteiger partial charge in [0.25, 0.3) is 0 Å². The molecule has 1 N–H and O–H groups in total. The van der Waals surface area contributed by atoms with Gasteiger partial charge in [-0.15, -0.1) is 0 Å². The van der Waals surface area contributed by atoms with Crippen molar-refractivity contribution in [2.75, 3.05) is 0 Å². The molecule has 66 valence electrons. The lowest BCUT2D eigenvalue weighted by atomic mass is 9.81. The van der Waals surface area contributed by atoms with Crippen LogP contribution in [0.1, 0.15) is 39.5 Å². The minimum absolute atomic E-state index is 0.0301. The first-order chi connectivity index (χ1) is 5.24. The zero-order valence-corrected chi connectivity index (χ0v) is 7.42. The SMILES string of the molecule is CC1CCC(C(C)OO)CC1. The normalized spacial score (nSPS) is 35.2. The fourth-order valence-electron chi connectivity index (χ4n) is 1.84. The monoisotopic (exact) mass is 158 g/mol. The summed E-state index contributed by atoms with van der Waals surface area (Å²) < 4.78 is 0. The van der Waals surface area contributed by atoms with Crippen LogP contribution in [-0.2, 0) is 4.89 Å². The lowest BCUT2D eigenvalue weighted by Crippen LogP contribution is -2.24. The number of hydrogen-bond donors (Lipinski definition) is 1. The van der Waals surface area contributed by atoms with Crippen LogP contribution in [0.15, 0.2) is 0 Å². The van der Waals surface area contributed by atoms with Gasteiger partial charge in [0.2, 0.25) is 0 Å². The van der Waals surface area contributed by atoms with Crippen molar-refractivity contribution in [3.05, 3.63) is 0 Å². The third kappa shape index (κ3) is 2.46. The van der Waals surface area contributed by atoms with Crippen LogP contribution in [0.3, 0.4) is 0 Å². The van der Waals surface area contributed by atoms with E-state index in [0.29, 0.717) is 5.92 Å². The van der Waals surface area contributed by atoms with Crippen LogP contribution in [0.25, 0.3) is 0 Å². The zero-order chi connectivity index (χ0) is 8.27. The van der Waals surface area contributed by atoms with Gasteiger partial charge in [0.05, 0.1) is 6.10 Å². The molecule has 1 aliphatic rings. The molecule has 0 amide bonds. The third-order valence-corrected chi connectivity index (χ3v) is 2.89. The molecule has 11 heavy (non-hydrogen) atoms. The fraction of sp³-hybridized carbons (Fsp3) is 1.00. The van der Waals surface area contributed by atoms with Crippen molar-refractivity contribution in [3.63, 3.8) is 0 Å². The van der Waals surface area contributed by atoms with Crippen LogP contribution in [0.4, 0.5) is 0 Å². The van der Waals surface area contributed by atoms with Crippen molar-refractivity contribution in [2.45, 2.75) is 45.6 Å². The molecule has 1 saturated carbocycles. The molecule has 0 aromatic heterocycles. The van der Waals surface area contributed by atoms with Crippen LogP contribution in [-0.4, -0.2) is 11.4 Å². The average Bonchev–Trinajstić information content (AvgIpc) is 2.05. The Morgan fingerprint density at radius 1 is 1.27 bits per heavy atom. The predicted molar refractivity (Wildman–Crippen MR) is 44.3 cm³/mol. The highest BCUT2D eigenvalue weighted by molar-refractivity contribution is 4.73. The van der Waals surface area contributed by atoms with E-state index in [1.807, 2.05) is 6.92 Å². The van der Waals surface area contributed by atoms with E-state index in [4.69, 9.17) is 5.26 Å². The minimum atomic E-state index is 0.0301. The Morgan fingerprint density at radius 2 is 1.82 bits per heavy atom. The maximum absolute atomic E-state index is 8.45. The van der Waals surface area contributed by atoms with Crippen molar-refractivity contribution >= 4 is 0 Å². The summed E-state index contributed by atoms with van der Waals surface area (Å²) in [6.45, 7) is 4.24. The van der Waals surface area contributed by atoms with Gasteiger partial charge in [-0.3, -0.25) is 5.26 Å². The number of hydrogen-bond acceptors (Lipinski definition) is 2. The average molecular weight is 158 g/mol. The zero-order valence-electron chi connectivity index (χ0n) is 7.42. The summed E-state index contributed by atoms with van der Waals surface area (Å²) in [4.78, 5) is 4.32. The predicted octanol–water partition coefficient (Wildman–Crippen LogP) is 2.69. The van der Waals surface area contributed by atoms with Crippen molar-refractivity contribution in [3.8, 4) is 0 Å². The summed E-state index contributed by atoms with van der Waals surface area (Å²) in [5.74, 6) is 1.45. The third-order valence-electron chi connectivity index (χ3n) is 2.89. The molecule has 1 fully saturated rings. The highest BCUT2D eigenvalue weighted by atomic mass is 17.1. The van der Waals surface area contributed by atoms with Gasteiger partial charge in [-0.05, 0) is 31.6 Å². The molecule has 0 radical (unpaired) electrons. The van der Waals surface area contributed by atoms with E-state index in [9.17, 15) is 0 Å². The van der Waals surface area contributed by atoms with Crippen molar-refractivity contribution in [2.24, 2.45) is 11.8 Å². The van der Waals surface area contributed by atoms with Gasteiger partial charge < -0.3 is 0 Å². The largest absolute Gasteiger partial charge is 0.252 e. The molecule has 0 aliphatic heterocycles. The second-order valence-corrected chi connectivity index (χ2v) is 3.83. The van der Waals surface area contributed by atoms with E-state index in [0.717, 1.165) is 5.92 Å². The van der Waals surface area contributed by atoms with Crippen molar-refractivity contribution in [1.82, 2.24) is 0 Å². The number of rotatable bonds is 2. The molecule has 1 aliphatic carbocycles. The molecule has 1 unspecified atom stereocenters. The molecule has 1 rings (SSSR count). The molecule has 0 heterocycles. The molecular formula is C9H18O2. The van der Waals surface area contributed by atoms with Gasteiger partial charge in [-0.1, -0.05) is 19.8 Å². The standard InChI is InChI=1S/C9H18O2/c1-7-3-5-9(6-4-7)8(2)11-10/h7-10H,3-6H2,1-2H3. The van der Waals surface area contributed by atoms with Gasteiger partial charge in [0.15, 0.2) is 0 Å². The molecule has 2 heteroatoms. The van der Waals surface area contributed by atoms with Crippen LogP contribution in [0, 0.1) is 11.8 Å². The molecule has 0 aromatic carbocycles. The van der Waals surface area contributed by atoms with Gasteiger partial charge in [0, 0.05) is 0 Å². The first kappa shape index (κ1) is 9.01. The lowest BCUT2D eigenvalue weighted by molar-refractivity contribution is -0.287. The topological polar surface area (TPSA) is 29.5 Å². The highest BCUT2D eigenvalue weighted by Crippen LogP contribution is 2.30. The smallest absolute Gasteiger partial charge is 0.0927 e. The van der Waals surface area contributed by atoms with E-state index in [2.05, 4.69) is 11.8 Å². The first-order valence-corrected chi connectivity index (χ1v) is 4.54. The van der Waals surface area contributed by atoms with Gasteiger partial charge in [-0.25, -0.2) is 4.89 Å². The lowest BCUT2D eigenvalue weighted by Gasteiger charge is -2.28. The van der Waals surface area contributed by atoms with E-state index >= 15 is 0 Å². The van der Waals surface area contributed by atoms with Crippen molar-refractivity contribution < 1.29 is 10.1 Å². The Labute approximate surface area is 68.5 Å². The van der Waals surface area contributed by atoms with Crippen molar-refractivity contribution in [1.29, 1.82) is 0 Å². The summed E-state index contributed by atoms with van der Waals surface area (Å²) in [7, 11) is 0. The fourth-order valence-corrected chi connectivity index (χ4v) is 1.84. The van der Waals surface area contributed by atoms with Crippen LogP contribution in [0.5, 0.6) is 0 Å². The van der Waals surface area contributed by atoms with Crippen LogP contribution in [0.2, 0.25) is 0 Å². The Kier molecular flexibility index (Phi) is 3.34. The maximum atomic E-state index is 8.45. The molecule has 0 bridgehead atoms. The first-order valence-electron chi connectivity index (χ1n) is 4.54. The summed E-state index contributed by atoms with van der Waals surface area (Å²) in [6, 6.07) is 0. The maximum Gasteiger partial charge on any atom is 0.0927 e. The molecule has 2 nitrogen and oxygen atoms in total. The molecule has 1 atom stereocenters.